The van der Waals surface area contributed by atoms with Gasteiger partial charge in [-0.05, 0) is 30.3 Å². The smallest absolute Gasteiger partial charge is 0.276 e. The lowest BCUT2D eigenvalue weighted by molar-refractivity contribution is 0.0995. The van der Waals surface area contributed by atoms with Gasteiger partial charge in [-0.25, -0.2) is 4.98 Å². The lowest BCUT2D eigenvalue weighted by atomic mass is 10.1. The maximum absolute atomic E-state index is 12.2. The number of carbonyl (C=O) groups excluding carboxylic acids is 2. The lowest BCUT2D eigenvalue weighted by Gasteiger charge is -2.11. The summed E-state index contributed by atoms with van der Waals surface area (Å²) in [5, 5.41) is 2.60. The zero-order valence-electron chi connectivity index (χ0n) is 11.3. The van der Waals surface area contributed by atoms with Crippen LogP contribution < -0.4 is 21.5 Å². The quantitative estimate of drug-likeness (QED) is 0.775. The van der Waals surface area contributed by atoms with Crippen LogP contribution in [0, 0.1) is 0 Å². The molecule has 0 atom stereocenters. The highest BCUT2D eigenvalue weighted by Crippen LogP contribution is 2.26. The molecule has 7 heteroatoms. The van der Waals surface area contributed by atoms with Crippen LogP contribution in [0.25, 0.3) is 0 Å². The molecule has 0 saturated carbocycles. The molecule has 2 aromatic rings. The average Bonchev–Trinajstić information content (AvgIpc) is 2.47. The molecule has 0 bridgehead atoms. The molecule has 0 saturated heterocycles. The summed E-state index contributed by atoms with van der Waals surface area (Å²) in [6.45, 7) is 0. The first-order chi connectivity index (χ1) is 10.0. The van der Waals surface area contributed by atoms with Crippen molar-refractivity contribution >= 4 is 23.2 Å². The van der Waals surface area contributed by atoms with E-state index in [1.807, 2.05) is 0 Å². The van der Waals surface area contributed by atoms with Crippen molar-refractivity contribution in [1.82, 2.24) is 4.98 Å². The van der Waals surface area contributed by atoms with Crippen molar-refractivity contribution < 1.29 is 14.3 Å². The molecule has 1 aromatic carbocycles. The number of rotatable bonds is 4. The van der Waals surface area contributed by atoms with Gasteiger partial charge < -0.3 is 21.5 Å². The molecule has 7 nitrogen and oxygen atoms in total. The molecule has 0 fully saturated rings. The Morgan fingerprint density at radius 1 is 1.29 bits per heavy atom. The first-order valence-corrected chi connectivity index (χ1v) is 6.02. The molecule has 0 unspecified atom stereocenters. The molecule has 2 amide bonds. The summed E-state index contributed by atoms with van der Waals surface area (Å²) < 4.78 is 5.13. The summed E-state index contributed by atoms with van der Waals surface area (Å²) in [5.74, 6) is -0.721. The number of methoxy groups -OCH3 is 1. The molecule has 21 heavy (non-hydrogen) atoms. The van der Waals surface area contributed by atoms with E-state index in [4.69, 9.17) is 16.2 Å². The fourth-order valence-corrected chi connectivity index (χ4v) is 1.75. The molecule has 5 N–H and O–H groups in total. The summed E-state index contributed by atoms with van der Waals surface area (Å²) in [5.41, 5.74) is 11.8. The van der Waals surface area contributed by atoms with Crippen LogP contribution in [0.5, 0.6) is 5.75 Å². The number of ether oxygens (including phenoxy) is 1. The second kappa shape index (κ2) is 5.91. The van der Waals surface area contributed by atoms with Gasteiger partial charge in [0.2, 0.25) is 5.91 Å². The van der Waals surface area contributed by atoms with Gasteiger partial charge in [0, 0.05) is 11.8 Å². The summed E-state index contributed by atoms with van der Waals surface area (Å²) >= 11 is 0. The van der Waals surface area contributed by atoms with Crippen molar-refractivity contribution in [3.8, 4) is 5.75 Å². The molecule has 1 heterocycles. The third-order valence-electron chi connectivity index (χ3n) is 2.79. The zero-order chi connectivity index (χ0) is 15.4. The normalized spacial score (nSPS) is 9.95. The van der Waals surface area contributed by atoms with Crippen LogP contribution in [0.15, 0.2) is 36.5 Å². The zero-order valence-corrected chi connectivity index (χ0v) is 11.3. The van der Waals surface area contributed by atoms with E-state index in [9.17, 15) is 9.59 Å². The minimum atomic E-state index is -0.606. The summed E-state index contributed by atoms with van der Waals surface area (Å²) in [4.78, 5) is 27.3. The fourth-order valence-electron chi connectivity index (χ4n) is 1.75. The maximum atomic E-state index is 12.2. The molecule has 0 aliphatic heterocycles. The minimum absolute atomic E-state index is 0.0871. The standard InChI is InChI=1S/C14H14N4O3/c1-21-11-5-4-8(13(16)19)7-10(11)18-14(20)12-9(15)3-2-6-17-12/h2-7H,15H2,1H3,(H2,16,19)(H,18,20). The van der Waals surface area contributed by atoms with E-state index in [2.05, 4.69) is 10.3 Å². The largest absolute Gasteiger partial charge is 0.495 e. The van der Waals surface area contributed by atoms with Crippen molar-refractivity contribution in [2.75, 3.05) is 18.2 Å². The van der Waals surface area contributed by atoms with Crippen LogP contribution in [0.1, 0.15) is 20.8 Å². The van der Waals surface area contributed by atoms with Crippen molar-refractivity contribution in [3.63, 3.8) is 0 Å². The summed E-state index contributed by atoms with van der Waals surface area (Å²) in [7, 11) is 1.45. The molecular formula is C14H14N4O3. The molecule has 0 radical (unpaired) electrons. The number of aromatic nitrogens is 1. The number of amides is 2. The predicted molar refractivity (Wildman–Crippen MR) is 78.1 cm³/mol. The Balaban J connectivity index is 2.34. The fraction of sp³-hybridized carbons (Fsp3) is 0.0714. The first-order valence-electron chi connectivity index (χ1n) is 6.02. The van der Waals surface area contributed by atoms with Crippen LogP contribution in [-0.2, 0) is 0 Å². The van der Waals surface area contributed by atoms with E-state index >= 15 is 0 Å². The van der Waals surface area contributed by atoms with E-state index in [-0.39, 0.29) is 16.9 Å². The van der Waals surface area contributed by atoms with Gasteiger partial charge in [-0.2, -0.15) is 0 Å². The topological polar surface area (TPSA) is 120 Å². The third kappa shape index (κ3) is 3.08. The van der Waals surface area contributed by atoms with Crippen LogP contribution in [-0.4, -0.2) is 23.9 Å². The number of carbonyl (C=O) groups is 2. The van der Waals surface area contributed by atoms with Gasteiger partial charge in [0.15, 0.2) is 5.69 Å². The van der Waals surface area contributed by atoms with Crippen LogP contribution in [0.2, 0.25) is 0 Å². The molecule has 0 aliphatic rings. The van der Waals surface area contributed by atoms with E-state index in [0.29, 0.717) is 11.4 Å². The van der Waals surface area contributed by atoms with E-state index in [1.54, 1.807) is 12.1 Å². The van der Waals surface area contributed by atoms with Gasteiger partial charge in [-0.15, -0.1) is 0 Å². The number of nitrogens with two attached hydrogens (primary N) is 2. The highest BCUT2D eigenvalue weighted by Gasteiger charge is 2.15. The van der Waals surface area contributed by atoms with Gasteiger partial charge >= 0.3 is 0 Å². The van der Waals surface area contributed by atoms with Gasteiger partial charge in [-0.1, -0.05) is 0 Å². The number of benzene rings is 1. The van der Waals surface area contributed by atoms with Gasteiger partial charge in [0.05, 0.1) is 18.5 Å². The Morgan fingerprint density at radius 2 is 2.05 bits per heavy atom. The molecular weight excluding hydrogens is 272 g/mol. The highest BCUT2D eigenvalue weighted by atomic mass is 16.5. The second-order valence-corrected chi connectivity index (χ2v) is 4.17. The van der Waals surface area contributed by atoms with E-state index < -0.39 is 11.8 Å². The Kier molecular flexibility index (Phi) is 4.03. The number of hydrogen-bond donors (Lipinski definition) is 3. The van der Waals surface area contributed by atoms with Crippen molar-refractivity contribution in [3.05, 3.63) is 47.8 Å². The van der Waals surface area contributed by atoms with Crippen LogP contribution >= 0.6 is 0 Å². The van der Waals surface area contributed by atoms with Crippen molar-refractivity contribution in [1.29, 1.82) is 0 Å². The number of anilines is 2. The molecule has 0 aliphatic carbocycles. The number of nitrogens with one attached hydrogen (secondary N) is 1. The number of nitrogens with zero attached hydrogens (tertiary/aromatic N) is 1. The Bertz CT molecular complexity index is 700. The Hall–Kier alpha value is -3.09. The first kappa shape index (κ1) is 14.3. The van der Waals surface area contributed by atoms with Crippen molar-refractivity contribution in [2.24, 2.45) is 5.73 Å². The Morgan fingerprint density at radius 3 is 2.67 bits per heavy atom. The number of primary amides is 1. The second-order valence-electron chi connectivity index (χ2n) is 4.17. The number of pyridine rings is 1. The molecule has 0 spiro atoms. The highest BCUT2D eigenvalue weighted by molar-refractivity contribution is 6.07. The van der Waals surface area contributed by atoms with E-state index in [0.717, 1.165) is 0 Å². The minimum Gasteiger partial charge on any atom is -0.495 e. The SMILES string of the molecule is COc1ccc(C(N)=O)cc1NC(=O)c1ncccc1N. The number of nitrogen functional groups attached to an aromatic ring is 1. The third-order valence-corrected chi connectivity index (χ3v) is 2.79. The predicted octanol–water partition coefficient (Wildman–Crippen LogP) is 1.02. The summed E-state index contributed by atoms with van der Waals surface area (Å²) in [6, 6.07) is 7.67. The van der Waals surface area contributed by atoms with Gasteiger partial charge in [0.25, 0.3) is 5.91 Å². The average molecular weight is 286 g/mol. The van der Waals surface area contributed by atoms with Gasteiger partial charge in [0.1, 0.15) is 5.75 Å². The lowest BCUT2D eigenvalue weighted by Crippen LogP contribution is -2.17. The van der Waals surface area contributed by atoms with Crippen molar-refractivity contribution in [2.45, 2.75) is 0 Å². The maximum Gasteiger partial charge on any atom is 0.276 e. The van der Waals surface area contributed by atoms with Crippen LogP contribution in [0.4, 0.5) is 11.4 Å². The number of hydrogen-bond acceptors (Lipinski definition) is 5. The Labute approximate surface area is 120 Å². The molecule has 108 valence electrons. The summed E-state index contributed by atoms with van der Waals surface area (Å²) in [6.07, 6.45) is 1.46. The monoisotopic (exact) mass is 286 g/mol. The molecule has 2 rings (SSSR count). The van der Waals surface area contributed by atoms with Gasteiger partial charge in [-0.3, -0.25) is 9.59 Å². The van der Waals surface area contributed by atoms with E-state index in [1.165, 1.54) is 31.5 Å². The molecule has 1 aromatic heterocycles. The van der Waals surface area contributed by atoms with Crippen LogP contribution in [0.3, 0.4) is 0 Å².